The minimum absolute atomic E-state index is 0.0777. The van der Waals surface area contributed by atoms with E-state index >= 15 is 0 Å². The number of rotatable bonds is 6. The van der Waals surface area contributed by atoms with Crippen LogP contribution in [0.25, 0.3) is 0 Å². The summed E-state index contributed by atoms with van der Waals surface area (Å²) in [6.45, 7) is 0.0921. The van der Waals surface area contributed by atoms with Crippen molar-refractivity contribution < 1.29 is 13.3 Å². The minimum Gasteiger partial charge on any atom is -0.349 e. The molecule has 2 N–H and O–H groups in total. The van der Waals surface area contributed by atoms with Crippen molar-refractivity contribution in [2.75, 3.05) is 6.54 Å². The Labute approximate surface area is 125 Å². The summed E-state index contributed by atoms with van der Waals surface area (Å²) in [5, 5.41) is 10.6. The van der Waals surface area contributed by atoms with Gasteiger partial charge in [0.1, 0.15) is 10.7 Å². The van der Waals surface area contributed by atoms with Crippen LogP contribution in [0, 0.1) is 10.1 Å². The van der Waals surface area contributed by atoms with Crippen LogP contribution in [0.4, 0.5) is 5.69 Å². The lowest BCUT2D eigenvalue weighted by molar-refractivity contribution is -0.385. The van der Waals surface area contributed by atoms with Crippen LogP contribution in [0.5, 0.6) is 0 Å². The van der Waals surface area contributed by atoms with Crippen LogP contribution >= 0.6 is 11.6 Å². The van der Waals surface area contributed by atoms with Crippen LogP contribution < -0.4 is 4.72 Å². The minimum atomic E-state index is -3.93. The maximum absolute atomic E-state index is 12.1. The first kappa shape index (κ1) is 15.4. The van der Waals surface area contributed by atoms with Gasteiger partial charge < -0.3 is 4.98 Å². The van der Waals surface area contributed by atoms with Gasteiger partial charge in [-0.1, -0.05) is 11.6 Å². The predicted molar refractivity (Wildman–Crippen MR) is 75.6 cm³/mol. The lowest BCUT2D eigenvalue weighted by Crippen LogP contribution is -2.26. The molecule has 0 fully saturated rings. The highest BCUT2D eigenvalue weighted by Crippen LogP contribution is 2.25. The molecule has 0 aliphatic carbocycles. The molecule has 0 unspecified atom stereocenters. The maximum atomic E-state index is 12.1. The monoisotopic (exact) mass is 330 g/mol. The van der Waals surface area contributed by atoms with E-state index in [0.29, 0.717) is 12.2 Å². The highest BCUT2D eigenvalue weighted by molar-refractivity contribution is 7.89. The fraction of sp³-hybridized carbons (Fsp3) is 0.182. The number of sulfonamides is 1. The largest absolute Gasteiger partial charge is 0.349 e. The van der Waals surface area contributed by atoms with E-state index in [1.54, 1.807) is 12.4 Å². The first-order valence-electron chi connectivity index (χ1n) is 5.82. The summed E-state index contributed by atoms with van der Waals surface area (Å²) >= 11 is 5.80. The molecule has 0 radical (unpaired) electrons. The number of nitro groups is 1. The molecule has 0 bridgehead atoms. The van der Waals surface area contributed by atoms with Gasteiger partial charge in [-0.05, 0) is 6.07 Å². The standard InChI is InChI=1S/C11H11ClN4O4S/c12-9-2-1-8(16(17)18)7-10(9)21(19,20)15-4-3-11-13-5-6-14-11/h1-2,5-7,15H,3-4H2,(H,13,14). The lowest BCUT2D eigenvalue weighted by atomic mass is 10.3. The van der Waals surface area contributed by atoms with Crippen molar-refractivity contribution >= 4 is 27.3 Å². The third-order valence-corrected chi connectivity index (χ3v) is 4.57. The number of halogens is 1. The van der Waals surface area contributed by atoms with Crippen LogP contribution in [0.2, 0.25) is 5.02 Å². The number of benzene rings is 1. The quantitative estimate of drug-likeness (QED) is 0.614. The van der Waals surface area contributed by atoms with E-state index in [0.717, 1.165) is 12.1 Å². The average molecular weight is 331 g/mol. The van der Waals surface area contributed by atoms with E-state index in [1.807, 2.05) is 0 Å². The Balaban J connectivity index is 2.15. The second-order valence-corrected chi connectivity index (χ2v) is 6.20. The first-order valence-corrected chi connectivity index (χ1v) is 7.68. The molecule has 8 nitrogen and oxygen atoms in total. The number of nitro benzene ring substituents is 1. The van der Waals surface area contributed by atoms with Crippen molar-refractivity contribution in [3.05, 3.63) is 51.6 Å². The Bertz CT molecular complexity index is 746. The summed E-state index contributed by atoms with van der Waals surface area (Å²) < 4.78 is 26.5. The summed E-state index contributed by atoms with van der Waals surface area (Å²) in [7, 11) is -3.93. The van der Waals surface area contributed by atoms with Gasteiger partial charge in [0.05, 0.1) is 9.95 Å². The van der Waals surface area contributed by atoms with Crippen molar-refractivity contribution in [1.29, 1.82) is 0 Å². The molecule has 2 rings (SSSR count). The molecule has 0 aliphatic rings. The Hall–Kier alpha value is -1.97. The van der Waals surface area contributed by atoms with E-state index in [1.165, 1.54) is 6.07 Å². The highest BCUT2D eigenvalue weighted by atomic mass is 35.5. The van der Waals surface area contributed by atoms with Crippen LogP contribution in [0.1, 0.15) is 5.82 Å². The number of hydrogen-bond acceptors (Lipinski definition) is 5. The summed E-state index contributed by atoms with van der Waals surface area (Å²) in [6, 6.07) is 3.25. The molecule has 0 saturated heterocycles. The first-order chi connectivity index (χ1) is 9.90. The van der Waals surface area contributed by atoms with Crippen LogP contribution in [-0.4, -0.2) is 29.9 Å². The fourth-order valence-corrected chi connectivity index (χ4v) is 3.18. The molecular weight excluding hydrogens is 320 g/mol. The Morgan fingerprint density at radius 3 is 2.81 bits per heavy atom. The number of aromatic amines is 1. The summed E-state index contributed by atoms with van der Waals surface area (Å²) in [4.78, 5) is 16.5. The normalized spacial score (nSPS) is 11.5. The number of H-pyrrole nitrogens is 1. The average Bonchev–Trinajstić information content (AvgIpc) is 2.91. The second kappa shape index (κ2) is 6.20. The van der Waals surface area contributed by atoms with Crippen LogP contribution in [0.15, 0.2) is 35.5 Å². The molecule has 0 spiro atoms. The molecule has 0 amide bonds. The number of non-ortho nitro benzene ring substituents is 1. The van der Waals surface area contributed by atoms with Gasteiger partial charge in [-0.3, -0.25) is 10.1 Å². The second-order valence-electron chi connectivity index (χ2n) is 4.06. The molecule has 1 heterocycles. The molecule has 112 valence electrons. The van der Waals surface area contributed by atoms with Crippen molar-refractivity contribution in [2.24, 2.45) is 0 Å². The van der Waals surface area contributed by atoms with Gasteiger partial charge in [-0.2, -0.15) is 0 Å². The van der Waals surface area contributed by atoms with Crippen LogP contribution in [-0.2, 0) is 16.4 Å². The Kier molecular flexibility index (Phi) is 4.56. The molecule has 1 aromatic heterocycles. The summed E-state index contributed by atoms with van der Waals surface area (Å²) in [6.07, 6.45) is 3.54. The number of imidazole rings is 1. The maximum Gasteiger partial charge on any atom is 0.270 e. The van der Waals surface area contributed by atoms with Gasteiger partial charge in [0.15, 0.2) is 0 Å². The number of hydrogen-bond donors (Lipinski definition) is 2. The molecule has 0 atom stereocenters. The van der Waals surface area contributed by atoms with Crippen LogP contribution in [0.3, 0.4) is 0 Å². The van der Waals surface area contributed by atoms with Gasteiger partial charge in [-0.25, -0.2) is 18.1 Å². The zero-order chi connectivity index (χ0) is 15.5. The summed E-state index contributed by atoms with van der Waals surface area (Å²) in [5.74, 6) is 0.628. The van der Waals surface area contributed by atoms with Crippen molar-refractivity contribution in [1.82, 2.24) is 14.7 Å². The fourth-order valence-electron chi connectivity index (χ4n) is 1.63. The van der Waals surface area contributed by atoms with Gasteiger partial charge in [0.2, 0.25) is 10.0 Å². The van der Waals surface area contributed by atoms with E-state index < -0.39 is 14.9 Å². The van der Waals surface area contributed by atoms with Gasteiger partial charge in [0, 0.05) is 37.5 Å². The van der Waals surface area contributed by atoms with Crippen molar-refractivity contribution in [3.63, 3.8) is 0 Å². The van der Waals surface area contributed by atoms with E-state index in [9.17, 15) is 18.5 Å². The number of nitrogens with zero attached hydrogens (tertiary/aromatic N) is 2. The lowest BCUT2D eigenvalue weighted by Gasteiger charge is -2.07. The molecule has 10 heteroatoms. The molecular formula is C11H11ClN4O4S. The molecule has 21 heavy (non-hydrogen) atoms. The topological polar surface area (TPSA) is 118 Å². The third kappa shape index (κ3) is 3.78. The zero-order valence-corrected chi connectivity index (χ0v) is 12.2. The van der Waals surface area contributed by atoms with Gasteiger partial charge in [-0.15, -0.1) is 0 Å². The summed E-state index contributed by atoms with van der Waals surface area (Å²) in [5.41, 5.74) is -0.342. The SMILES string of the molecule is O=[N+]([O-])c1ccc(Cl)c(S(=O)(=O)NCCc2ncc[nH]2)c1. The number of aromatic nitrogens is 2. The molecule has 1 aromatic carbocycles. The predicted octanol–water partition coefficient (Wildman–Crippen LogP) is 1.49. The number of nitrogens with one attached hydrogen (secondary N) is 2. The van der Waals surface area contributed by atoms with E-state index in [2.05, 4.69) is 14.7 Å². The van der Waals surface area contributed by atoms with Gasteiger partial charge >= 0.3 is 0 Å². The Morgan fingerprint density at radius 1 is 1.43 bits per heavy atom. The van der Waals surface area contributed by atoms with Gasteiger partial charge in [0.25, 0.3) is 5.69 Å². The third-order valence-electron chi connectivity index (χ3n) is 2.62. The van der Waals surface area contributed by atoms with E-state index in [-0.39, 0.29) is 22.2 Å². The zero-order valence-electron chi connectivity index (χ0n) is 10.6. The van der Waals surface area contributed by atoms with E-state index in [4.69, 9.17) is 11.6 Å². The molecule has 0 aliphatic heterocycles. The highest BCUT2D eigenvalue weighted by Gasteiger charge is 2.21. The molecule has 0 saturated carbocycles. The Morgan fingerprint density at radius 2 is 2.19 bits per heavy atom. The van der Waals surface area contributed by atoms with Crippen molar-refractivity contribution in [2.45, 2.75) is 11.3 Å². The van der Waals surface area contributed by atoms with Crippen molar-refractivity contribution in [3.8, 4) is 0 Å². The smallest absolute Gasteiger partial charge is 0.270 e. The molecule has 2 aromatic rings.